The van der Waals surface area contributed by atoms with Gasteiger partial charge in [-0.1, -0.05) is 25.4 Å². The van der Waals surface area contributed by atoms with Crippen molar-refractivity contribution in [3.05, 3.63) is 28.8 Å². The van der Waals surface area contributed by atoms with Crippen LogP contribution in [-0.4, -0.2) is 36.2 Å². The first kappa shape index (κ1) is 23.8. The number of alkyl carbamates (subject to hydrolysis) is 1. The molecular formula is C20H29ClN2O5. The first-order valence-electron chi connectivity index (χ1n) is 9.20. The fourth-order valence-corrected chi connectivity index (χ4v) is 2.56. The molecule has 0 unspecified atom stereocenters. The maximum absolute atomic E-state index is 12.7. The van der Waals surface area contributed by atoms with Gasteiger partial charge in [-0.15, -0.1) is 0 Å². The third-order valence-corrected chi connectivity index (χ3v) is 3.77. The Labute approximate surface area is 171 Å². The Balaban J connectivity index is 2.89. The number of carbonyl (C=O) groups is 3. The van der Waals surface area contributed by atoms with E-state index in [1.54, 1.807) is 27.7 Å². The monoisotopic (exact) mass is 412 g/mol. The summed E-state index contributed by atoms with van der Waals surface area (Å²) in [5.41, 5.74) is -0.0512. The molecule has 156 valence electrons. The second-order valence-corrected chi connectivity index (χ2v) is 8.14. The third kappa shape index (κ3) is 8.17. The van der Waals surface area contributed by atoms with Gasteiger partial charge in [0.15, 0.2) is 0 Å². The Kier molecular flexibility index (Phi) is 8.75. The Morgan fingerprint density at radius 2 is 1.82 bits per heavy atom. The molecule has 1 aromatic rings. The van der Waals surface area contributed by atoms with E-state index in [1.165, 1.54) is 18.2 Å². The summed E-state index contributed by atoms with van der Waals surface area (Å²) in [5.74, 6) is -0.760. The van der Waals surface area contributed by atoms with E-state index in [9.17, 15) is 14.4 Å². The van der Waals surface area contributed by atoms with Crippen molar-refractivity contribution >= 4 is 35.3 Å². The molecule has 0 aliphatic carbocycles. The van der Waals surface area contributed by atoms with Crippen molar-refractivity contribution in [1.82, 2.24) is 5.32 Å². The summed E-state index contributed by atoms with van der Waals surface area (Å²) < 4.78 is 10.2. The molecule has 0 heterocycles. The number of hydrogen-bond donors (Lipinski definition) is 2. The number of benzene rings is 1. The van der Waals surface area contributed by atoms with Crippen LogP contribution in [0.25, 0.3) is 0 Å². The minimum absolute atomic E-state index is 0.160. The highest BCUT2D eigenvalue weighted by Crippen LogP contribution is 2.24. The molecule has 0 saturated heterocycles. The molecule has 0 saturated carbocycles. The van der Waals surface area contributed by atoms with Crippen LogP contribution in [-0.2, 0) is 14.3 Å². The first-order valence-corrected chi connectivity index (χ1v) is 9.57. The Bertz CT molecular complexity index is 713. The fourth-order valence-electron chi connectivity index (χ4n) is 2.33. The van der Waals surface area contributed by atoms with Crippen LogP contribution in [0.15, 0.2) is 18.2 Å². The molecule has 0 bridgehead atoms. The Morgan fingerprint density at radius 1 is 1.18 bits per heavy atom. The van der Waals surface area contributed by atoms with E-state index in [2.05, 4.69) is 10.6 Å². The largest absolute Gasteiger partial charge is 0.462 e. The predicted molar refractivity (Wildman–Crippen MR) is 109 cm³/mol. The third-order valence-electron chi connectivity index (χ3n) is 3.45. The van der Waals surface area contributed by atoms with E-state index < -0.39 is 29.6 Å². The van der Waals surface area contributed by atoms with Gasteiger partial charge in [-0.25, -0.2) is 9.59 Å². The molecule has 0 aliphatic heterocycles. The van der Waals surface area contributed by atoms with Crippen molar-refractivity contribution < 1.29 is 23.9 Å². The summed E-state index contributed by atoms with van der Waals surface area (Å²) in [6.45, 7) is 11.1. The quantitative estimate of drug-likeness (QED) is 0.647. The van der Waals surface area contributed by atoms with Crippen LogP contribution in [0.1, 0.15) is 58.3 Å². The molecule has 0 radical (unpaired) electrons. The summed E-state index contributed by atoms with van der Waals surface area (Å²) in [6, 6.07) is 3.66. The van der Waals surface area contributed by atoms with Gasteiger partial charge < -0.3 is 20.1 Å². The second-order valence-electron chi connectivity index (χ2n) is 7.73. The topological polar surface area (TPSA) is 93.7 Å². The maximum atomic E-state index is 12.7. The summed E-state index contributed by atoms with van der Waals surface area (Å²) >= 11 is 6.19. The Hall–Kier alpha value is -2.28. The van der Waals surface area contributed by atoms with Crippen molar-refractivity contribution in [2.45, 2.75) is 59.6 Å². The second kappa shape index (κ2) is 10.3. The molecule has 0 fully saturated rings. The molecule has 8 heteroatoms. The van der Waals surface area contributed by atoms with E-state index in [0.29, 0.717) is 12.1 Å². The molecule has 7 nitrogen and oxygen atoms in total. The number of carbonyl (C=O) groups excluding carboxylic acids is 3. The molecule has 2 amide bonds. The molecule has 0 aromatic heterocycles. The van der Waals surface area contributed by atoms with Gasteiger partial charge in [0, 0.05) is 0 Å². The van der Waals surface area contributed by atoms with E-state index in [4.69, 9.17) is 21.1 Å². The van der Waals surface area contributed by atoms with Gasteiger partial charge in [0.05, 0.1) is 22.9 Å². The minimum Gasteiger partial charge on any atom is -0.462 e. The highest BCUT2D eigenvalue weighted by atomic mass is 35.5. The van der Waals surface area contributed by atoms with E-state index >= 15 is 0 Å². The minimum atomic E-state index is -0.796. The molecule has 2 N–H and O–H groups in total. The van der Waals surface area contributed by atoms with Crippen LogP contribution < -0.4 is 10.6 Å². The van der Waals surface area contributed by atoms with Crippen molar-refractivity contribution in [3.8, 4) is 0 Å². The average molecular weight is 413 g/mol. The van der Waals surface area contributed by atoms with Gasteiger partial charge in [-0.05, 0) is 58.2 Å². The molecule has 28 heavy (non-hydrogen) atoms. The number of amides is 2. The van der Waals surface area contributed by atoms with Crippen molar-refractivity contribution in [1.29, 1.82) is 0 Å². The summed E-state index contributed by atoms with van der Waals surface area (Å²) in [7, 11) is 0. The van der Waals surface area contributed by atoms with Gasteiger partial charge in [0.1, 0.15) is 11.6 Å². The van der Waals surface area contributed by atoms with Gasteiger partial charge >= 0.3 is 12.1 Å². The van der Waals surface area contributed by atoms with Crippen LogP contribution in [0.4, 0.5) is 10.5 Å². The normalized spacial score (nSPS) is 12.3. The molecular weight excluding hydrogens is 384 g/mol. The highest BCUT2D eigenvalue weighted by molar-refractivity contribution is 6.34. The van der Waals surface area contributed by atoms with E-state index in [1.807, 2.05) is 13.8 Å². The van der Waals surface area contributed by atoms with E-state index in [-0.39, 0.29) is 23.1 Å². The van der Waals surface area contributed by atoms with Crippen LogP contribution in [0.5, 0.6) is 0 Å². The maximum Gasteiger partial charge on any atom is 0.408 e. The summed E-state index contributed by atoms with van der Waals surface area (Å²) in [4.78, 5) is 36.5. The number of esters is 1. The predicted octanol–water partition coefficient (Wildman–Crippen LogP) is 4.39. The lowest BCUT2D eigenvalue weighted by Gasteiger charge is -2.24. The van der Waals surface area contributed by atoms with Gasteiger partial charge in [-0.3, -0.25) is 4.79 Å². The number of hydrogen-bond acceptors (Lipinski definition) is 5. The van der Waals surface area contributed by atoms with Crippen LogP contribution in [0.2, 0.25) is 5.02 Å². The van der Waals surface area contributed by atoms with Crippen molar-refractivity contribution in [3.63, 3.8) is 0 Å². The molecule has 0 aliphatic rings. The van der Waals surface area contributed by atoms with E-state index in [0.717, 1.165) is 0 Å². The van der Waals surface area contributed by atoms with Gasteiger partial charge in [0.25, 0.3) is 0 Å². The highest BCUT2D eigenvalue weighted by Gasteiger charge is 2.25. The summed E-state index contributed by atoms with van der Waals surface area (Å²) in [6.07, 6.45) is -0.249. The van der Waals surface area contributed by atoms with Gasteiger partial charge in [-0.2, -0.15) is 0 Å². The number of nitrogens with one attached hydrogen (secondary N) is 2. The molecule has 1 atom stereocenters. The smallest absolute Gasteiger partial charge is 0.408 e. The van der Waals surface area contributed by atoms with Crippen LogP contribution in [0.3, 0.4) is 0 Å². The summed E-state index contributed by atoms with van der Waals surface area (Å²) in [5, 5.41) is 5.48. The molecule has 1 rings (SSSR count). The standard InChI is InChI=1S/C20H29ClN2O5/c1-7-27-18(25)13-8-9-15(14(21)11-13)22-17(24)16(10-12(2)3)23-19(26)28-20(4,5)6/h8-9,11-12,16H,7,10H2,1-6H3,(H,22,24)(H,23,26)/t16-/m0/s1. The fraction of sp³-hybridized carbons (Fsp3) is 0.550. The van der Waals surface area contributed by atoms with Crippen molar-refractivity contribution in [2.24, 2.45) is 5.92 Å². The zero-order valence-electron chi connectivity index (χ0n) is 17.2. The molecule has 1 aromatic carbocycles. The van der Waals surface area contributed by atoms with Crippen LogP contribution >= 0.6 is 11.6 Å². The molecule has 0 spiro atoms. The lowest BCUT2D eigenvalue weighted by Crippen LogP contribution is -2.46. The zero-order chi connectivity index (χ0) is 21.5. The lowest BCUT2D eigenvalue weighted by molar-refractivity contribution is -0.118. The lowest BCUT2D eigenvalue weighted by atomic mass is 10.0. The number of ether oxygens (including phenoxy) is 2. The van der Waals surface area contributed by atoms with Crippen molar-refractivity contribution in [2.75, 3.05) is 11.9 Å². The first-order chi connectivity index (χ1) is 12.9. The van der Waals surface area contributed by atoms with Crippen LogP contribution in [0, 0.1) is 5.92 Å². The van der Waals surface area contributed by atoms with Gasteiger partial charge in [0.2, 0.25) is 5.91 Å². The SMILES string of the molecule is CCOC(=O)c1ccc(NC(=O)[C@H](CC(C)C)NC(=O)OC(C)(C)C)c(Cl)c1. The Morgan fingerprint density at radius 3 is 2.32 bits per heavy atom. The zero-order valence-corrected chi connectivity index (χ0v) is 18.0. The number of halogens is 1. The number of rotatable bonds is 7. The number of anilines is 1. The average Bonchev–Trinajstić information content (AvgIpc) is 2.54.